The summed E-state index contributed by atoms with van der Waals surface area (Å²) >= 11 is 0. The van der Waals surface area contributed by atoms with Gasteiger partial charge in [0.1, 0.15) is 0 Å². The molecular weight excluding hydrogens is 290 g/mol. The predicted octanol–water partition coefficient (Wildman–Crippen LogP) is 2.23. The molecule has 0 fully saturated rings. The summed E-state index contributed by atoms with van der Waals surface area (Å²) in [6.07, 6.45) is 5.10. The van der Waals surface area contributed by atoms with E-state index in [-0.39, 0.29) is 10.5 Å². The summed E-state index contributed by atoms with van der Waals surface area (Å²) in [5.41, 5.74) is 1.30. The maximum Gasteiger partial charge on any atom is 0.338 e. The van der Waals surface area contributed by atoms with Gasteiger partial charge in [-0.3, -0.25) is 0 Å². The minimum atomic E-state index is -3.50. The van der Waals surface area contributed by atoms with E-state index < -0.39 is 15.8 Å². The molecule has 0 unspecified atom stereocenters. The maximum atomic E-state index is 12.2. The number of hydrogen-bond donors (Lipinski definition) is 0. The van der Waals surface area contributed by atoms with E-state index in [0.717, 1.165) is 6.26 Å². The van der Waals surface area contributed by atoms with Gasteiger partial charge in [0.25, 0.3) is 0 Å². The lowest BCUT2D eigenvalue weighted by Gasteiger charge is -2.16. The SMILES string of the molecule is CCc1c(C(=O)OC)ccc(-n2cccc2)c1S(C)(=O)=O. The number of methoxy groups -OCH3 is 1. The first-order chi connectivity index (χ1) is 9.90. The van der Waals surface area contributed by atoms with Gasteiger partial charge in [-0.05, 0) is 36.2 Å². The fourth-order valence-electron chi connectivity index (χ4n) is 2.38. The van der Waals surface area contributed by atoms with Gasteiger partial charge < -0.3 is 9.30 Å². The molecule has 1 aromatic carbocycles. The molecule has 0 radical (unpaired) electrons. The van der Waals surface area contributed by atoms with Crippen molar-refractivity contribution >= 4 is 15.8 Å². The topological polar surface area (TPSA) is 65.4 Å². The number of hydrogen-bond acceptors (Lipinski definition) is 4. The van der Waals surface area contributed by atoms with Crippen molar-refractivity contribution < 1.29 is 17.9 Å². The van der Waals surface area contributed by atoms with E-state index in [4.69, 9.17) is 4.74 Å². The molecule has 2 aromatic rings. The summed E-state index contributed by atoms with van der Waals surface area (Å²) in [6.45, 7) is 1.82. The van der Waals surface area contributed by atoms with Crippen molar-refractivity contribution in [2.45, 2.75) is 18.2 Å². The molecular formula is C15H17NO4S. The summed E-state index contributed by atoms with van der Waals surface area (Å²) in [5, 5.41) is 0. The number of aromatic nitrogens is 1. The Bertz CT molecular complexity index is 761. The van der Waals surface area contributed by atoms with E-state index in [2.05, 4.69) is 0 Å². The Labute approximate surface area is 124 Å². The van der Waals surface area contributed by atoms with Crippen molar-refractivity contribution in [3.8, 4) is 5.69 Å². The van der Waals surface area contributed by atoms with Crippen LogP contribution in [0.5, 0.6) is 0 Å². The number of nitrogens with zero attached hydrogens (tertiary/aromatic N) is 1. The Kier molecular flexibility index (Phi) is 4.18. The highest BCUT2D eigenvalue weighted by molar-refractivity contribution is 7.90. The van der Waals surface area contributed by atoms with Gasteiger partial charge in [0.2, 0.25) is 0 Å². The molecule has 0 aliphatic carbocycles. The molecule has 0 atom stereocenters. The van der Waals surface area contributed by atoms with Gasteiger partial charge in [-0.25, -0.2) is 13.2 Å². The summed E-state index contributed by atoms with van der Waals surface area (Å²) < 4.78 is 30.9. The highest BCUT2D eigenvalue weighted by Crippen LogP contribution is 2.28. The number of ether oxygens (including phenoxy) is 1. The molecule has 0 aliphatic heterocycles. The second-order valence-corrected chi connectivity index (χ2v) is 6.60. The summed E-state index contributed by atoms with van der Waals surface area (Å²) in [7, 11) is -2.22. The number of benzene rings is 1. The van der Waals surface area contributed by atoms with Crippen molar-refractivity contribution in [2.75, 3.05) is 13.4 Å². The Morgan fingerprint density at radius 3 is 2.33 bits per heavy atom. The highest BCUT2D eigenvalue weighted by atomic mass is 32.2. The van der Waals surface area contributed by atoms with Gasteiger partial charge in [-0.15, -0.1) is 0 Å². The molecule has 6 heteroatoms. The number of rotatable bonds is 4. The number of esters is 1. The maximum absolute atomic E-state index is 12.2. The molecule has 2 rings (SSSR count). The van der Waals surface area contributed by atoms with Crippen LogP contribution in [0.3, 0.4) is 0 Å². The summed E-state index contributed by atoms with van der Waals surface area (Å²) in [6, 6.07) is 6.86. The summed E-state index contributed by atoms with van der Waals surface area (Å²) in [5.74, 6) is -0.532. The summed E-state index contributed by atoms with van der Waals surface area (Å²) in [4.78, 5) is 12.0. The monoisotopic (exact) mass is 307 g/mol. The lowest BCUT2D eigenvalue weighted by Crippen LogP contribution is -2.14. The molecule has 0 amide bonds. The zero-order valence-corrected chi connectivity index (χ0v) is 13.0. The average Bonchev–Trinajstić information content (AvgIpc) is 2.97. The standard InChI is InChI=1S/C15H17NO4S/c1-4-11-12(15(17)20-2)7-8-13(14(11)21(3,18)19)16-9-5-6-10-16/h5-10H,4H2,1-3H3. The molecule has 1 aromatic heterocycles. The van der Waals surface area contributed by atoms with Crippen LogP contribution in [-0.2, 0) is 21.0 Å². The molecule has 1 heterocycles. The Morgan fingerprint density at radius 1 is 1.24 bits per heavy atom. The highest BCUT2D eigenvalue weighted by Gasteiger charge is 2.24. The third-order valence-electron chi connectivity index (χ3n) is 3.25. The van der Waals surface area contributed by atoms with Gasteiger partial charge in [0.05, 0.1) is 23.3 Å². The molecule has 0 saturated heterocycles. The van der Waals surface area contributed by atoms with Crippen LogP contribution in [0.15, 0.2) is 41.6 Å². The van der Waals surface area contributed by atoms with E-state index in [0.29, 0.717) is 17.7 Å². The molecule has 0 N–H and O–H groups in total. The molecule has 21 heavy (non-hydrogen) atoms. The van der Waals surface area contributed by atoms with Crippen LogP contribution < -0.4 is 0 Å². The molecule has 5 nitrogen and oxygen atoms in total. The minimum absolute atomic E-state index is 0.170. The van der Waals surface area contributed by atoms with Crippen LogP contribution in [-0.4, -0.2) is 32.3 Å². The van der Waals surface area contributed by atoms with Crippen molar-refractivity contribution in [1.82, 2.24) is 4.57 Å². The second-order valence-electron chi connectivity index (χ2n) is 4.65. The van der Waals surface area contributed by atoms with E-state index in [1.807, 2.05) is 19.1 Å². The first-order valence-corrected chi connectivity index (χ1v) is 8.36. The molecule has 0 saturated carbocycles. The van der Waals surface area contributed by atoms with Crippen molar-refractivity contribution in [3.05, 3.63) is 47.8 Å². The molecule has 112 valence electrons. The number of carbonyl (C=O) groups is 1. The van der Waals surface area contributed by atoms with Gasteiger partial charge >= 0.3 is 5.97 Å². The zero-order valence-electron chi connectivity index (χ0n) is 12.2. The van der Waals surface area contributed by atoms with Crippen LogP contribution in [0, 0.1) is 0 Å². The number of sulfone groups is 1. The minimum Gasteiger partial charge on any atom is -0.465 e. The lowest BCUT2D eigenvalue weighted by atomic mass is 10.0. The Balaban J connectivity index is 2.84. The quantitative estimate of drug-likeness (QED) is 0.813. The van der Waals surface area contributed by atoms with Crippen LogP contribution in [0.4, 0.5) is 0 Å². The Morgan fingerprint density at radius 2 is 1.86 bits per heavy atom. The van der Waals surface area contributed by atoms with Crippen molar-refractivity contribution in [2.24, 2.45) is 0 Å². The van der Waals surface area contributed by atoms with Crippen LogP contribution >= 0.6 is 0 Å². The fraction of sp³-hybridized carbons (Fsp3) is 0.267. The van der Waals surface area contributed by atoms with Crippen molar-refractivity contribution in [3.63, 3.8) is 0 Å². The largest absolute Gasteiger partial charge is 0.465 e. The van der Waals surface area contributed by atoms with E-state index in [1.165, 1.54) is 7.11 Å². The molecule has 0 spiro atoms. The Hall–Kier alpha value is -2.08. The van der Waals surface area contributed by atoms with Gasteiger partial charge in [0, 0.05) is 18.6 Å². The van der Waals surface area contributed by atoms with Crippen LogP contribution in [0.25, 0.3) is 5.69 Å². The van der Waals surface area contributed by atoms with E-state index >= 15 is 0 Å². The fourth-order valence-corrected chi connectivity index (χ4v) is 3.64. The third kappa shape index (κ3) is 2.85. The normalized spacial score (nSPS) is 11.4. The third-order valence-corrected chi connectivity index (χ3v) is 4.45. The zero-order chi connectivity index (χ0) is 15.6. The molecule has 0 aliphatic rings. The average molecular weight is 307 g/mol. The smallest absolute Gasteiger partial charge is 0.338 e. The van der Waals surface area contributed by atoms with Crippen molar-refractivity contribution in [1.29, 1.82) is 0 Å². The first-order valence-electron chi connectivity index (χ1n) is 6.47. The lowest BCUT2D eigenvalue weighted by molar-refractivity contribution is 0.0599. The van der Waals surface area contributed by atoms with Gasteiger partial charge in [-0.1, -0.05) is 6.92 Å². The van der Waals surface area contributed by atoms with E-state index in [9.17, 15) is 13.2 Å². The number of carbonyl (C=O) groups excluding carboxylic acids is 1. The second kappa shape index (κ2) is 5.73. The van der Waals surface area contributed by atoms with Crippen LogP contribution in [0.1, 0.15) is 22.8 Å². The van der Waals surface area contributed by atoms with E-state index in [1.54, 1.807) is 29.1 Å². The predicted molar refractivity (Wildman–Crippen MR) is 79.6 cm³/mol. The van der Waals surface area contributed by atoms with Gasteiger partial charge in [0.15, 0.2) is 9.84 Å². The molecule has 0 bridgehead atoms. The van der Waals surface area contributed by atoms with Gasteiger partial charge in [-0.2, -0.15) is 0 Å². The first kappa shape index (κ1) is 15.3. The van der Waals surface area contributed by atoms with Crippen LogP contribution in [0.2, 0.25) is 0 Å².